The smallest absolute Gasteiger partial charge is 0.326 e. The lowest BCUT2D eigenvalue weighted by Gasteiger charge is -2.13. The molecule has 21 heavy (non-hydrogen) atoms. The number of imidazole rings is 1. The number of H-pyrrole nitrogens is 1. The van der Waals surface area contributed by atoms with Crippen molar-refractivity contribution in [2.24, 2.45) is 0 Å². The van der Waals surface area contributed by atoms with Gasteiger partial charge in [0.2, 0.25) is 5.91 Å². The Hall–Kier alpha value is -2.57. The van der Waals surface area contributed by atoms with Crippen LogP contribution in [0.3, 0.4) is 0 Å². The van der Waals surface area contributed by atoms with Crippen LogP contribution >= 0.6 is 0 Å². The van der Waals surface area contributed by atoms with Gasteiger partial charge in [0.05, 0.1) is 17.7 Å². The van der Waals surface area contributed by atoms with Crippen LogP contribution in [0.1, 0.15) is 30.2 Å². The maximum Gasteiger partial charge on any atom is 0.326 e. The number of aromatic nitrogens is 2. The number of nitrogens with zero attached hydrogens (tertiary/aromatic N) is 2. The van der Waals surface area contributed by atoms with E-state index < -0.39 is 0 Å². The molecule has 0 spiro atoms. The number of rotatable bonds is 2. The van der Waals surface area contributed by atoms with Crippen molar-refractivity contribution in [2.75, 3.05) is 13.2 Å². The van der Waals surface area contributed by atoms with Gasteiger partial charge >= 0.3 is 5.69 Å². The molecule has 7 nitrogen and oxygen atoms in total. The van der Waals surface area contributed by atoms with Gasteiger partial charge in [-0.25, -0.2) is 4.79 Å². The van der Waals surface area contributed by atoms with Crippen LogP contribution in [0.5, 0.6) is 0 Å². The quantitative estimate of drug-likeness (QED) is 0.840. The van der Waals surface area contributed by atoms with Gasteiger partial charge in [-0.2, -0.15) is 0 Å². The van der Waals surface area contributed by atoms with Crippen LogP contribution in [-0.2, 0) is 4.79 Å². The third-order valence-electron chi connectivity index (χ3n) is 3.57. The summed E-state index contributed by atoms with van der Waals surface area (Å²) in [6, 6.07) is 5.06. The van der Waals surface area contributed by atoms with E-state index in [1.54, 1.807) is 22.8 Å². The fourth-order valence-electron chi connectivity index (χ4n) is 2.56. The lowest BCUT2D eigenvalue weighted by molar-refractivity contribution is -0.118. The molecule has 0 unspecified atom stereocenters. The molecule has 1 aliphatic heterocycles. The van der Waals surface area contributed by atoms with Gasteiger partial charge in [-0.1, -0.05) is 0 Å². The molecular formula is C14H16N4O3. The van der Waals surface area contributed by atoms with E-state index in [0.29, 0.717) is 16.6 Å². The summed E-state index contributed by atoms with van der Waals surface area (Å²) in [5.74, 6) is -0.385. The molecule has 1 aromatic heterocycles. The number of aromatic amines is 1. The molecule has 0 aliphatic carbocycles. The van der Waals surface area contributed by atoms with Crippen molar-refractivity contribution in [1.82, 2.24) is 19.8 Å². The summed E-state index contributed by atoms with van der Waals surface area (Å²) in [6.07, 6.45) is 0. The average molecular weight is 288 g/mol. The predicted molar refractivity (Wildman–Crippen MR) is 77.0 cm³/mol. The van der Waals surface area contributed by atoms with Crippen molar-refractivity contribution in [3.63, 3.8) is 0 Å². The molecule has 1 saturated heterocycles. The molecule has 0 radical (unpaired) electrons. The summed E-state index contributed by atoms with van der Waals surface area (Å²) in [5, 5.41) is 2.60. The Morgan fingerprint density at radius 2 is 2.05 bits per heavy atom. The molecule has 3 rings (SSSR count). The maximum absolute atomic E-state index is 12.4. The van der Waals surface area contributed by atoms with Crippen LogP contribution in [0.4, 0.5) is 0 Å². The van der Waals surface area contributed by atoms with E-state index in [9.17, 15) is 14.4 Å². The van der Waals surface area contributed by atoms with Crippen LogP contribution in [0, 0.1) is 0 Å². The highest BCUT2D eigenvalue weighted by Gasteiger charge is 2.24. The molecule has 0 atom stereocenters. The predicted octanol–water partition coefficient (Wildman–Crippen LogP) is 0.440. The molecule has 0 saturated carbocycles. The topological polar surface area (TPSA) is 87.2 Å². The number of nitrogens with one attached hydrogen (secondary N) is 2. The number of hydrogen-bond acceptors (Lipinski definition) is 3. The third kappa shape index (κ3) is 2.20. The molecule has 1 aliphatic rings. The first kappa shape index (κ1) is 13.4. The molecule has 2 N–H and O–H groups in total. The maximum atomic E-state index is 12.4. The lowest BCUT2D eigenvalue weighted by atomic mass is 10.1. The van der Waals surface area contributed by atoms with Gasteiger partial charge in [0, 0.05) is 11.6 Å². The Labute approximate surface area is 120 Å². The van der Waals surface area contributed by atoms with Crippen LogP contribution < -0.4 is 11.0 Å². The van der Waals surface area contributed by atoms with Gasteiger partial charge in [0.25, 0.3) is 5.91 Å². The summed E-state index contributed by atoms with van der Waals surface area (Å²) in [5.41, 5.74) is 1.66. The van der Waals surface area contributed by atoms with E-state index in [1.807, 2.05) is 13.8 Å². The van der Waals surface area contributed by atoms with Crippen LogP contribution in [0.15, 0.2) is 23.0 Å². The zero-order chi connectivity index (χ0) is 15.1. The monoisotopic (exact) mass is 288 g/mol. The SMILES string of the molecule is CC(C)n1c(=O)[nH]c2ccc(C(=O)N3CNC(=O)C3)cc21. The zero-order valence-corrected chi connectivity index (χ0v) is 11.8. The number of fused-ring (bicyclic) bond motifs is 1. The van der Waals surface area contributed by atoms with Crippen molar-refractivity contribution in [3.8, 4) is 0 Å². The van der Waals surface area contributed by atoms with Gasteiger partial charge < -0.3 is 15.2 Å². The van der Waals surface area contributed by atoms with Crippen molar-refractivity contribution in [3.05, 3.63) is 34.2 Å². The highest BCUT2D eigenvalue weighted by Crippen LogP contribution is 2.18. The largest absolute Gasteiger partial charge is 0.337 e. The van der Waals surface area contributed by atoms with E-state index in [2.05, 4.69) is 10.3 Å². The highest BCUT2D eigenvalue weighted by atomic mass is 16.2. The molecule has 2 amide bonds. The Bertz CT molecular complexity index is 787. The Morgan fingerprint density at radius 1 is 1.29 bits per heavy atom. The first-order valence-corrected chi connectivity index (χ1v) is 6.77. The molecule has 7 heteroatoms. The molecule has 0 bridgehead atoms. The number of benzene rings is 1. The fraction of sp³-hybridized carbons (Fsp3) is 0.357. The second-order valence-electron chi connectivity index (χ2n) is 5.39. The first-order valence-electron chi connectivity index (χ1n) is 6.77. The molecule has 110 valence electrons. The second-order valence-corrected chi connectivity index (χ2v) is 5.39. The summed E-state index contributed by atoms with van der Waals surface area (Å²) < 4.78 is 1.61. The summed E-state index contributed by atoms with van der Waals surface area (Å²) >= 11 is 0. The number of amides is 2. The molecule has 2 aromatic rings. The van der Waals surface area contributed by atoms with E-state index in [4.69, 9.17) is 0 Å². The van der Waals surface area contributed by atoms with E-state index in [-0.39, 0.29) is 36.8 Å². The lowest BCUT2D eigenvalue weighted by Crippen LogP contribution is -2.29. The summed E-state index contributed by atoms with van der Waals surface area (Å²) in [6.45, 7) is 4.11. The first-order chi connectivity index (χ1) is 9.97. The third-order valence-corrected chi connectivity index (χ3v) is 3.57. The molecule has 2 heterocycles. The van der Waals surface area contributed by atoms with Gasteiger partial charge in [0.1, 0.15) is 6.54 Å². The van der Waals surface area contributed by atoms with Gasteiger partial charge in [0.15, 0.2) is 0 Å². The summed E-state index contributed by atoms with van der Waals surface area (Å²) in [4.78, 5) is 39.7. The van der Waals surface area contributed by atoms with Crippen molar-refractivity contribution >= 4 is 22.8 Å². The minimum absolute atomic E-state index is 0.00775. The Morgan fingerprint density at radius 3 is 2.67 bits per heavy atom. The van der Waals surface area contributed by atoms with Crippen molar-refractivity contribution < 1.29 is 9.59 Å². The number of carbonyl (C=O) groups is 2. The van der Waals surface area contributed by atoms with Crippen LogP contribution in [-0.4, -0.2) is 39.5 Å². The number of hydrogen-bond donors (Lipinski definition) is 2. The fourth-order valence-corrected chi connectivity index (χ4v) is 2.56. The molecule has 1 fully saturated rings. The second kappa shape index (κ2) is 4.76. The van der Waals surface area contributed by atoms with Gasteiger partial charge in [-0.3, -0.25) is 14.2 Å². The highest BCUT2D eigenvalue weighted by molar-refractivity contribution is 6.00. The van der Waals surface area contributed by atoms with Gasteiger partial charge in [-0.15, -0.1) is 0 Å². The Balaban J connectivity index is 2.04. The van der Waals surface area contributed by atoms with Crippen LogP contribution in [0.2, 0.25) is 0 Å². The minimum Gasteiger partial charge on any atom is -0.337 e. The normalized spacial score (nSPS) is 15.0. The standard InChI is InChI=1S/C14H16N4O3/c1-8(2)18-11-5-9(3-4-10(11)16-14(18)21)13(20)17-6-12(19)15-7-17/h3-5,8H,6-7H2,1-2H3,(H,15,19)(H,16,21). The minimum atomic E-state index is -0.223. The summed E-state index contributed by atoms with van der Waals surface area (Å²) in [7, 11) is 0. The van der Waals surface area contributed by atoms with E-state index in [0.717, 1.165) is 0 Å². The van der Waals surface area contributed by atoms with Gasteiger partial charge in [-0.05, 0) is 32.0 Å². The molecule has 1 aromatic carbocycles. The average Bonchev–Trinajstić information content (AvgIpc) is 2.99. The Kier molecular flexibility index (Phi) is 3.04. The van der Waals surface area contributed by atoms with Crippen molar-refractivity contribution in [1.29, 1.82) is 0 Å². The van der Waals surface area contributed by atoms with Crippen LogP contribution in [0.25, 0.3) is 11.0 Å². The van der Waals surface area contributed by atoms with E-state index >= 15 is 0 Å². The van der Waals surface area contributed by atoms with Crippen molar-refractivity contribution in [2.45, 2.75) is 19.9 Å². The molecular weight excluding hydrogens is 272 g/mol. The number of carbonyl (C=O) groups excluding carboxylic acids is 2. The van der Waals surface area contributed by atoms with E-state index in [1.165, 1.54) is 4.90 Å². The zero-order valence-electron chi connectivity index (χ0n) is 11.8.